The van der Waals surface area contributed by atoms with E-state index < -0.39 is 5.60 Å². The molecule has 3 heterocycles. The molecule has 2 unspecified atom stereocenters. The summed E-state index contributed by atoms with van der Waals surface area (Å²) in [7, 11) is 0. The van der Waals surface area contributed by atoms with Gasteiger partial charge >= 0.3 is 0 Å². The Labute approximate surface area is 95.9 Å². The third-order valence-corrected chi connectivity index (χ3v) is 3.95. The van der Waals surface area contributed by atoms with E-state index in [1.54, 1.807) is 6.20 Å². The summed E-state index contributed by atoms with van der Waals surface area (Å²) in [4.78, 5) is 4.39. The summed E-state index contributed by atoms with van der Waals surface area (Å²) >= 11 is 0. The van der Waals surface area contributed by atoms with Crippen molar-refractivity contribution in [2.75, 3.05) is 0 Å². The highest BCUT2D eigenvalue weighted by Crippen LogP contribution is 2.40. The molecule has 3 heteroatoms. The van der Waals surface area contributed by atoms with Crippen LogP contribution in [0.3, 0.4) is 0 Å². The average Bonchev–Trinajstić information content (AvgIpc) is 2.59. The molecule has 0 spiro atoms. The van der Waals surface area contributed by atoms with Gasteiger partial charge in [0, 0.05) is 18.3 Å². The minimum Gasteiger partial charge on any atom is -0.383 e. The van der Waals surface area contributed by atoms with E-state index in [0.717, 1.165) is 24.1 Å². The predicted molar refractivity (Wildman–Crippen MR) is 62.1 cm³/mol. The lowest BCUT2D eigenvalue weighted by atomic mass is 9.83. The van der Waals surface area contributed by atoms with Gasteiger partial charge < -0.3 is 10.4 Å². The normalized spacial score (nSPS) is 37.6. The van der Waals surface area contributed by atoms with E-state index in [4.69, 9.17) is 0 Å². The van der Waals surface area contributed by atoms with Crippen molar-refractivity contribution >= 4 is 0 Å². The summed E-state index contributed by atoms with van der Waals surface area (Å²) in [6.45, 7) is 2.03. The maximum atomic E-state index is 10.8. The van der Waals surface area contributed by atoms with Gasteiger partial charge in [0.1, 0.15) is 5.60 Å². The van der Waals surface area contributed by atoms with Gasteiger partial charge in [-0.25, -0.2) is 0 Å². The first kappa shape index (κ1) is 10.2. The summed E-state index contributed by atoms with van der Waals surface area (Å²) in [6.07, 6.45) is 5.78. The van der Waals surface area contributed by atoms with Crippen molar-refractivity contribution in [1.29, 1.82) is 0 Å². The first-order chi connectivity index (χ1) is 7.67. The molecule has 86 valence electrons. The van der Waals surface area contributed by atoms with Gasteiger partial charge in [-0.2, -0.15) is 0 Å². The van der Waals surface area contributed by atoms with Crippen LogP contribution in [-0.2, 0) is 5.60 Å². The lowest BCUT2D eigenvalue weighted by molar-refractivity contribution is -0.0158. The molecule has 2 N–H and O–H groups in total. The van der Waals surface area contributed by atoms with Gasteiger partial charge in [0.25, 0.3) is 0 Å². The third-order valence-electron chi connectivity index (χ3n) is 3.95. The number of hydrogen-bond donors (Lipinski definition) is 2. The summed E-state index contributed by atoms with van der Waals surface area (Å²) in [5, 5.41) is 14.3. The molecule has 0 amide bonds. The fourth-order valence-electron chi connectivity index (χ4n) is 3.29. The van der Waals surface area contributed by atoms with E-state index in [0.29, 0.717) is 12.1 Å². The smallest absolute Gasteiger partial charge is 0.110 e. The topological polar surface area (TPSA) is 45.2 Å². The molecule has 2 aliphatic heterocycles. The van der Waals surface area contributed by atoms with Crippen LogP contribution in [0.4, 0.5) is 0 Å². The van der Waals surface area contributed by atoms with Gasteiger partial charge in [-0.3, -0.25) is 4.98 Å². The Hall–Kier alpha value is -0.930. The van der Waals surface area contributed by atoms with Gasteiger partial charge in [-0.15, -0.1) is 0 Å². The second-order valence-corrected chi connectivity index (χ2v) is 5.25. The van der Waals surface area contributed by atoms with Crippen LogP contribution >= 0.6 is 0 Å². The number of aryl methyl sites for hydroxylation is 1. The van der Waals surface area contributed by atoms with Crippen molar-refractivity contribution < 1.29 is 5.11 Å². The highest BCUT2D eigenvalue weighted by molar-refractivity contribution is 5.26. The molecular formula is C13H18N2O. The van der Waals surface area contributed by atoms with Crippen LogP contribution in [0.2, 0.25) is 0 Å². The number of nitrogens with one attached hydrogen (secondary N) is 1. The molecule has 1 aromatic rings. The molecule has 0 saturated carbocycles. The number of rotatable bonds is 1. The van der Waals surface area contributed by atoms with Crippen molar-refractivity contribution in [3.05, 3.63) is 29.6 Å². The fourth-order valence-corrected chi connectivity index (χ4v) is 3.29. The molecule has 2 atom stereocenters. The summed E-state index contributed by atoms with van der Waals surface area (Å²) in [6, 6.07) is 4.91. The van der Waals surface area contributed by atoms with Crippen LogP contribution in [0.25, 0.3) is 0 Å². The average molecular weight is 218 g/mol. The maximum absolute atomic E-state index is 10.8. The van der Waals surface area contributed by atoms with Crippen LogP contribution < -0.4 is 5.32 Å². The van der Waals surface area contributed by atoms with Crippen molar-refractivity contribution in [3.63, 3.8) is 0 Å². The Kier molecular flexibility index (Phi) is 2.26. The molecule has 0 aliphatic carbocycles. The molecule has 3 nitrogen and oxygen atoms in total. The first-order valence-electron chi connectivity index (χ1n) is 6.08. The highest BCUT2D eigenvalue weighted by atomic mass is 16.3. The lowest BCUT2D eigenvalue weighted by Gasteiger charge is -2.37. The number of hydrogen-bond acceptors (Lipinski definition) is 3. The Balaban J connectivity index is 1.96. The van der Waals surface area contributed by atoms with E-state index in [-0.39, 0.29) is 0 Å². The molecular weight excluding hydrogens is 200 g/mol. The van der Waals surface area contributed by atoms with Gasteiger partial charge in [0.15, 0.2) is 0 Å². The summed E-state index contributed by atoms with van der Waals surface area (Å²) < 4.78 is 0. The van der Waals surface area contributed by atoms with Gasteiger partial charge in [0.2, 0.25) is 0 Å². The minimum absolute atomic E-state index is 0.477. The van der Waals surface area contributed by atoms with E-state index in [1.807, 2.05) is 19.1 Å². The van der Waals surface area contributed by atoms with E-state index in [2.05, 4.69) is 10.3 Å². The second kappa shape index (κ2) is 3.54. The maximum Gasteiger partial charge on any atom is 0.110 e. The van der Waals surface area contributed by atoms with Gasteiger partial charge in [-0.05, 0) is 44.2 Å². The SMILES string of the molecule is Cc1cccnc1C1(O)CC2CCC(C1)N2. The molecule has 0 radical (unpaired) electrons. The molecule has 0 aromatic carbocycles. The summed E-state index contributed by atoms with van der Waals surface area (Å²) in [5.74, 6) is 0. The zero-order valence-electron chi connectivity index (χ0n) is 9.61. The quantitative estimate of drug-likeness (QED) is 0.750. The zero-order chi connectivity index (χ0) is 11.2. The van der Waals surface area contributed by atoms with Crippen LogP contribution in [0.5, 0.6) is 0 Å². The Morgan fingerprint density at radius 1 is 1.38 bits per heavy atom. The Morgan fingerprint density at radius 3 is 2.69 bits per heavy atom. The van der Waals surface area contributed by atoms with Crippen LogP contribution in [0, 0.1) is 6.92 Å². The second-order valence-electron chi connectivity index (χ2n) is 5.25. The molecule has 2 bridgehead atoms. The fraction of sp³-hybridized carbons (Fsp3) is 0.615. The number of fused-ring (bicyclic) bond motifs is 2. The molecule has 1 aromatic heterocycles. The minimum atomic E-state index is -0.706. The molecule has 16 heavy (non-hydrogen) atoms. The zero-order valence-corrected chi connectivity index (χ0v) is 9.61. The number of aliphatic hydroxyl groups is 1. The van der Waals surface area contributed by atoms with Gasteiger partial charge in [0.05, 0.1) is 5.69 Å². The standard InChI is InChI=1S/C13H18N2O/c1-9-3-2-6-14-12(9)13(16)7-10-4-5-11(8-13)15-10/h2-3,6,10-11,15-16H,4-5,7-8H2,1H3. The monoisotopic (exact) mass is 218 g/mol. The number of pyridine rings is 1. The van der Waals surface area contributed by atoms with E-state index in [9.17, 15) is 5.11 Å². The Bertz CT molecular complexity index is 393. The number of nitrogens with zero attached hydrogens (tertiary/aromatic N) is 1. The van der Waals surface area contributed by atoms with Crippen LogP contribution in [0.1, 0.15) is 36.9 Å². The van der Waals surface area contributed by atoms with E-state index in [1.165, 1.54) is 12.8 Å². The molecule has 3 rings (SSSR count). The summed E-state index contributed by atoms with van der Waals surface area (Å²) in [5.41, 5.74) is 1.28. The van der Waals surface area contributed by atoms with E-state index >= 15 is 0 Å². The van der Waals surface area contributed by atoms with Crippen molar-refractivity contribution in [2.45, 2.75) is 50.3 Å². The third kappa shape index (κ3) is 1.55. The van der Waals surface area contributed by atoms with Crippen molar-refractivity contribution in [2.24, 2.45) is 0 Å². The van der Waals surface area contributed by atoms with Crippen molar-refractivity contribution in [3.8, 4) is 0 Å². The van der Waals surface area contributed by atoms with Crippen LogP contribution in [-0.4, -0.2) is 22.2 Å². The first-order valence-corrected chi connectivity index (χ1v) is 6.08. The molecule has 2 aliphatic rings. The van der Waals surface area contributed by atoms with Crippen molar-refractivity contribution in [1.82, 2.24) is 10.3 Å². The number of aromatic nitrogens is 1. The van der Waals surface area contributed by atoms with Gasteiger partial charge in [-0.1, -0.05) is 6.07 Å². The predicted octanol–water partition coefficient (Wildman–Crippen LogP) is 1.49. The lowest BCUT2D eigenvalue weighted by Crippen LogP contribution is -2.47. The largest absolute Gasteiger partial charge is 0.383 e. The highest BCUT2D eigenvalue weighted by Gasteiger charge is 2.44. The molecule has 2 saturated heterocycles. The molecule has 2 fully saturated rings. The van der Waals surface area contributed by atoms with Crippen LogP contribution in [0.15, 0.2) is 18.3 Å². The number of piperidine rings is 1. The Morgan fingerprint density at radius 2 is 2.06 bits per heavy atom.